The summed E-state index contributed by atoms with van der Waals surface area (Å²) in [7, 11) is 1.32. The van der Waals surface area contributed by atoms with Crippen LogP contribution in [-0.4, -0.2) is 42.3 Å². The number of rotatable bonds is 7. The summed E-state index contributed by atoms with van der Waals surface area (Å²) in [5, 5.41) is 0. The molecule has 0 aliphatic heterocycles. The topological polar surface area (TPSA) is 91.7 Å². The zero-order chi connectivity index (χ0) is 22.5. The third kappa shape index (κ3) is 4.61. The van der Waals surface area contributed by atoms with E-state index in [-0.39, 0.29) is 11.3 Å². The molecule has 1 aromatic heterocycles. The van der Waals surface area contributed by atoms with Crippen molar-refractivity contribution in [1.29, 1.82) is 0 Å². The molecule has 7 heteroatoms. The average molecular weight is 419 g/mol. The summed E-state index contributed by atoms with van der Waals surface area (Å²) in [4.78, 5) is 47.2. The van der Waals surface area contributed by atoms with Crippen molar-refractivity contribution < 1.29 is 28.7 Å². The lowest BCUT2D eigenvalue weighted by atomic mass is 10.1. The van der Waals surface area contributed by atoms with Crippen LogP contribution < -0.4 is 0 Å². The van der Waals surface area contributed by atoms with E-state index in [4.69, 9.17) is 9.47 Å². The molecule has 31 heavy (non-hydrogen) atoms. The minimum Gasteiger partial charge on any atom is -0.465 e. The number of ether oxygens (including phenoxy) is 2. The Balaban J connectivity index is 1.74. The van der Waals surface area contributed by atoms with E-state index in [1.165, 1.54) is 31.4 Å². The number of hydrogen-bond donors (Lipinski definition) is 0. The molecule has 0 bridgehead atoms. The summed E-state index contributed by atoms with van der Waals surface area (Å²) in [6.07, 6.45) is 0.678. The van der Waals surface area contributed by atoms with E-state index in [2.05, 4.69) is 0 Å². The summed E-state index contributed by atoms with van der Waals surface area (Å²) in [6.45, 7) is 3.26. The number of nitrogens with zero attached hydrogens (tertiary/aromatic N) is 1. The fourth-order valence-electron chi connectivity index (χ4n) is 3.30. The van der Waals surface area contributed by atoms with Gasteiger partial charge in [-0.2, -0.15) is 0 Å². The highest BCUT2D eigenvalue weighted by Gasteiger charge is 2.19. The first-order valence-electron chi connectivity index (χ1n) is 9.49. The number of benzene rings is 2. The van der Waals surface area contributed by atoms with Crippen LogP contribution in [0.3, 0.4) is 0 Å². The number of esters is 2. The predicted octanol–water partition coefficient (Wildman–Crippen LogP) is 3.73. The molecule has 0 saturated heterocycles. The van der Waals surface area contributed by atoms with E-state index in [0.29, 0.717) is 28.7 Å². The van der Waals surface area contributed by atoms with Crippen molar-refractivity contribution in [3.63, 3.8) is 0 Å². The van der Waals surface area contributed by atoms with Crippen molar-refractivity contribution in [2.24, 2.45) is 0 Å². The maximum absolute atomic E-state index is 12.7. The van der Waals surface area contributed by atoms with Gasteiger partial charge in [0.25, 0.3) is 0 Å². The molecule has 0 spiro atoms. The van der Waals surface area contributed by atoms with E-state index in [9.17, 15) is 19.2 Å². The van der Waals surface area contributed by atoms with Gasteiger partial charge in [-0.25, -0.2) is 9.59 Å². The molecule has 0 fully saturated rings. The lowest BCUT2D eigenvalue weighted by Crippen LogP contribution is -2.15. The molecule has 2 aromatic carbocycles. The van der Waals surface area contributed by atoms with Gasteiger partial charge in [-0.1, -0.05) is 12.1 Å². The van der Waals surface area contributed by atoms with E-state index in [0.717, 1.165) is 11.4 Å². The van der Waals surface area contributed by atoms with Gasteiger partial charge in [0.05, 0.1) is 18.2 Å². The highest BCUT2D eigenvalue weighted by molar-refractivity contribution is 6.00. The lowest BCUT2D eigenvalue weighted by molar-refractivity contribution is 0.0474. The SMILES string of the molecule is COC(=O)c1ccc(-n2c(C)cc(C(=O)COC(=O)c3ccc(C=O)cc3)c2C)cc1. The van der Waals surface area contributed by atoms with E-state index in [1.54, 1.807) is 37.3 Å². The molecule has 0 saturated carbocycles. The second kappa shape index (κ2) is 9.21. The molecule has 0 radical (unpaired) electrons. The molecule has 3 aromatic rings. The molecule has 0 atom stereocenters. The van der Waals surface area contributed by atoms with Gasteiger partial charge in [0.1, 0.15) is 6.29 Å². The number of carbonyl (C=O) groups is 4. The Morgan fingerprint density at radius 3 is 2.06 bits per heavy atom. The Morgan fingerprint density at radius 2 is 1.48 bits per heavy atom. The number of aldehydes is 1. The summed E-state index contributed by atoms with van der Waals surface area (Å²) in [5.41, 5.74) is 3.88. The van der Waals surface area contributed by atoms with Crippen molar-refractivity contribution in [1.82, 2.24) is 4.57 Å². The largest absolute Gasteiger partial charge is 0.465 e. The van der Waals surface area contributed by atoms with E-state index >= 15 is 0 Å². The van der Waals surface area contributed by atoms with Crippen LogP contribution in [0.25, 0.3) is 5.69 Å². The van der Waals surface area contributed by atoms with Gasteiger partial charge in [0.2, 0.25) is 5.78 Å². The van der Waals surface area contributed by atoms with Gasteiger partial charge in [0.15, 0.2) is 6.61 Å². The van der Waals surface area contributed by atoms with Crippen LogP contribution in [-0.2, 0) is 9.47 Å². The number of Topliss-reactive ketones (excluding diaryl/α,β-unsaturated/α-hetero) is 1. The molecular formula is C24H21NO6. The number of methoxy groups -OCH3 is 1. The monoisotopic (exact) mass is 419 g/mol. The molecule has 0 aliphatic rings. The number of ketones is 1. The Morgan fingerprint density at radius 1 is 0.903 bits per heavy atom. The summed E-state index contributed by atoms with van der Waals surface area (Å²) in [5.74, 6) is -1.40. The van der Waals surface area contributed by atoms with Crippen LogP contribution in [0, 0.1) is 13.8 Å². The second-order valence-electron chi connectivity index (χ2n) is 6.90. The zero-order valence-corrected chi connectivity index (χ0v) is 17.4. The highest BCUT2D eigenvalue weighted by Crippen LogP contribution is 2.22. The normalized spacial score (nSPS) is 10.4. The second-order valence-corrected chi connectivity index (χ2v) is 6.90. The average Bonchev–Trinajstić information content (AvgIpc) is 3.10. The molecule has 0 amide bonds. The summed E-state index contributed by atoms with van der Waals surface area (Å²) in [6, 6.07) is 14.5. The molecule has 1 heterocycles. The van der Waals surface area contributed by atoms with Crippen LogP contribution in [0.1, 0.15) is 52.8 Å². The fraction of sp³-hybridized carbons (Fsp3) is 0.167. The molecule has 0 N–H and O–H groups in total. The van der Waals surface area contributed by atoms with E-state index in [1.807, 2.05) is 11.5 Å². The van der Waals surface area contributed by atoms with Crippen LogP contribution >= 0.6 is 0 Å². The zero-order valence-electron chi connectivity index (χ0n) is 17.4. The number of aromatic nitrogens is 1. The smallest absolute Gasteiger partial charge is 0.338 e. The predicted molar refractivity (Wildman–Crippen MR) is 113 cm³/mol. The fourth-order valence-corrected chi connectivity index (χ4v) is 3.30. The Hall–Kier alpha value is -4.00. The van der Waals surface area contributed by atoms with Crippen molar-refractivity contribution in [2.45, 2.75) is 13.8 Å². The maximum Gasteiger partial charge on any atom is 0.338 e. The quantitative estimate of drug-likeness (QED) is 0.329. The van der Waals surface area contributed by atoms with E-state index < -0.39 is 18.5 Å². The van der Waals surface area contributed by atoms with Crippen LogP contribution in [0.15, 0.2) is 54.6 Å². The summed E-state index contributed by atoms with van der Waals surface area (Å²) < 4.78 is 11.7. The van der Waals surface area contributed by atoms with Crippen LogP contribution in [0.2, 0.25) is 0 Å². The van der Waals surface area contributed by atoms with Crippen LogP contribution in [0.4, 0.5) is 0 Å². The standard InChI is InChI=1S/C24H21NO6/c1-15-12-21(16(2)25(15)20-10-8-18(9-11-20)23(28)30-3)22(27)14-31-24(29)19-6-4-17(13-26)5-7-19/h4-13H,14H2,1-3H3. The van der Waals surface area contributed by atoms with Crippen molar-refractivity contribution >= 4 is 24.0 Å². The Kier molecular flexibility index (Phi) is 6.45. The Bertz CT molecular complexity index is 1140. The van der Waals surface area contributed by atoms with Crippen LogP contribution in [0.5, 0.6) is 0 Å². The van der Waals surface area contributed by atoms with Gasteiger partial charge >= 0.3 is 11.9 Å². The molecule has 7 nitrogen and oxygen atoms in total. The maximum atomic E-state index is 12.7. The van der Waals surface area contributed by atoms with Gasteiger partial charge in [-0.05, 0) is 56.3 Å². The molecule has 0 aliphatic carbocycles. The van der Waals surface area contributed by atoms with Gasteiger partial charge in [0, 0.05) is 28.2 Å². The number of aryl methyl sites for hydroxylation is 1. The number of hydrogen-bond acceptors (Lipinski definition) is 6. The summed E-state index contributed by atoms with van der Waals surface area (Å²) >= 11 is 0. The third-order valence-electron chi connectivity index (χ3n) is 4.89. The first kappa shape index (κ1) is 21.7. The minimum absolute atomic E-state index is 0.259. The lowest BCUT2D eigenvalue weighted by Gasteiger charge is -2.11. The highest BCUT2D eigenvalue weighted by atomic mass is 16.5. The Labute approximate surface area is 179 Å². The van der Waals surface area contributed by atoms with Crippen molar-refractivity contribution in [3.05, 3.63) is 88.2 Å². The minimum atomic E-state index is -0.641. The van der Waals surface area contributed by atoms with Gasteiger partial charge in [-0.3, -0.25) is 9.59 Å². The molecule has 158 valence electrons. The van der Waals surface area contributed by atoms with Crippen molar-refractivity contribution in [3.8, 4) is 5.69 Å². The first-order chi connectivity index (χ1) is 14.8. The van der Waals surface area contributed by atoms with Crippen molar-refractivity contribution in [2.75, 3.05) is 13.7 Å². The third-order valence-corrected chi connectivity index (χ3v) is 4.89. The van der Waals surface area contributed by atoms with Gasteiger partial charge in [-0.15, -0.1) is 0 Å². The number of carbonyl (C=O) groups excluding carboxylic acids is 4. The molecular weight excluding hydrogens is 398 g/mol. The van der Waals surface area contributed by atoms with Gasteiger partial charge < -0.3 is 14.0 Å². The first-order valence-corrected chi connectivity index (χ1v) is 9.49. The molecule has 3 rings (SSSR count). The molecule has 0 unspecified atom stereocenters.